The van der Waals surface area contributed by atoms with E-state index in [9.17, 15) is 10.6 Å². The van der Waals surface area contributed by atoms with Crippen LogP contribution in [0.2, 0.25) is 0 Å². The Morgan fingerprint density at radius 1 is 0.829 bits per heavy atom. The van der Waals surface area contributed by atoms with E-state index < -0.39 is 24.0 Å². The molecule has 8 nitrogen and oxygen atoms in total. The van der Waals surface area contributed by atoms with Crippen LogP contribution in [0.1, 0.15) is 16.7 Å². The maximum atomic E-state index is 11.4. The van der Waals surface area contributed by atoms with E-state index in [1.54, 1.807) is 0 Å². The molecule has 1 aliphatic heterocycles. The molecule has 0 bridgehead atoms. The molecule has 0 aliphatic carbocycles. The fourth-order valence-corrected chi connectivity index (χ4v) is 4.00. The summed E-state index contributed by atoms with van der Waals surface area (Å²) < 4.78 is 24.0. The average molecular weight is 476 g/mol. The summed E-state index contributed by atoms with van der Waals surface area (Å²) in [4.78, 5) is 2.87. The number of benzene rings is 3. The van der Waals surface area contributed by atoms with Crippen LogP contribution in [0.4, 0.5) is 0 Å². The van der Waals surface area contributed by atoms with Crippen molar-refractivity contribution in [3.63, 3.8) is 0 Å². The second kappa shape index (κ2) is 12.5. The van der Waals surface area contributed by atoms with E-state index in [0.29, 0.717) is 6.61 Å². The second-order valence-corrected chi connectivity index (χ2v) is 8.40. The van der Waals surface area contributed by atoms with Gasteiger partial charge in [-0.25, -0.2) is 0 Å². The van der Waals surface area contributed by atoms with Gasteiger partial charge in [-0.1, -0.05) is 96.1 Å². The summed E-state index contributed by atoms with van der Waals surface area (Å²) in [6.07, 6.45) is -2.13. The fourth-order valence-electron chi connectivity index (χ4n) is 4.00. The molecule has 0 unspecified atom stereocenters. The SMILES string of the molecule is [N-]=[N+]=N[C@](O)(COCc1ccccc1)[C@H]1OC[C@H](OCc2ccccc2)[C@H]1OCc1ccccc1. The van der Waals surface area contributed by atoms with Crippen LogP contribution >= 0.6 is 0 Å². The summed E-state index contributed by atoms with van der Waals surface area (Å²) in [5.41, 5.74) is 10.1. The number of nitrogens with zero attached hydrogens (tertiary/aromatic N) is 3. The van der Waals surface area contributed by atoms with Crippen molar-refractivity contribution in [2.45, 2.75) is 43.9 Å². The predicted octanol–water partition coefficient (Wildman–Crippen LogP) is 4.77. The lowest BCUT2D eigenvalue weighted by atomic mass is 10.0. The Kier molecular flexibility index (Phi) is 8.86. The van der Waals surface area contributed by atoms with Gasteiger partial charge >= 0.3 is 0 Å². The van der Waals surface area contributed by atoms with Crippen LogP contribution in [0.25, 0.3) is 10.4 Å². The van der Waals surface area contributed by atoms with Gasteiger partial charge in [0.2, 0.25) is 0 Å². The van der Waals surface area contributed by atoms with Crippen LogP contribution in [0.5, 0.6) is 0 Å². The van der Waals surface area contributed by atoms with Gasteiger partial charge in [0.15, 0.2) is 5.72 Å². The van der Waals surface area contributed by atoms with Gasteiger partial charge in [0.25, 0.3) is 0 Å². The molecule has 0 saturated carbocycles. The van der Waals surface area contributed by atoms with E-state index in [2.05, 4.69) is 10.0 Å². The Bertz CT molecular complexity index is 1080. The van der Waals surface area contributed by atoms with E-state index in [1.807, 2.05) is 91.0 Å². The molecule has 4 atom stereocenters. The van der Waals surface area contributed by atoms with Crippen LogP contribution in [0.15, 0.2) is 96.1 Å². The molecule has 35 heavy (non-hydrogen) atoms. The van der Waals surface area contributed by atoms with E-state index in [1.165, 1.54) is 0 Å². The first-order valence-electron chi connectivity index (χ1n) is 11.5. The highest BCUT2D eigenvalue weighted by molar-refractivity contribution is 5.15. The molecule has 4 rings (SSSR count). The molecule has 1 heterocycles. The second-order valence-electron chi connectivity index (χ2n) is 8.40. The summed E-state index contributed by atoms with van der Waals surface area (Å²) in [6, 6.07) is 29.0. The van der Waals surface area contributed by atoms with Crippen molar-refractivity contribution < 1.29 is 24.1 Å². The summed E-state index contributed by atoms with van der Waals surface area (Å²) in [6.45, 7) is 0.817. The minimum absolute atomic E-state index is 0.179. The molecule has 1 N–H and O–H groups in total. The first-order valence-corrected chi connectivity index (χ1v) is 11.5. The van der Waals surface area contributed by atoms with Gasteiger partial charge in [0, 0.05) is 4.91 Å². The third kappa shape index (κ3) is 6.90. The third-order valence-electron chi connectivity index (χ3n) is 5.80. The molecule has 3 aromatic carbocycles. The lowest BCUT2D eigenvalue weighted by Gasteiger charge is -2.33. The lowest BCUT2D eigenvalue weighted by Crippen LogP contribution is -2.52. The van der Waals surface area contributed by atoms with Gasteiger partial charge in [-0.3, -0.25) is 0 Å². The van der Waals surface area contributed by atoms with Crippen LogP contribution in [0.3, 0.4) is 0 Å². The smallest absolute Gasteiger partial charge is 0.195 e. The molecule has 182 valence electrons. The molecule has 0 aromatic heterocycles. The van der Waals surface area contributed by atoms with Gasteiger partial charge in [0.05, 0.1) is 33.0 Å². The van der Waals surface area contributed by atoms with Crippen LogP contribution in [-0.2, 0) is 38.8 Å². The van der Waals surface area contributed by atoms with Gasteiger partial charge < -0.3 is 24.1 Å². The molecule has 1 aliphatic rings. The molecule has 8 heteroatoms. The van der Waals surface area contributed by atoms with Crippen molar-refractivity contribution in [3.8, 4) is 0 Å². The first kappa shape index (κ1) is 24.9. The summed E-state index contributed by atoms with van der Waals surface area (Å²) in [7, 11) is 0. The Hall–Kier alpha value is -3.23. The largest absolute Gasteiger partial charge is 0.379 e. The monoisotopic (exact) mass is 475 g/mol. The highest BCUT2D eigenvalue weighted by Gasteiger charge is 2.51. The highest BCUT2D eigenvalue weighted by Crippen LogP contribution is 2.32. The summed E-state index contributed by atoms with van der Waals surface area (Å²) in [5.74, 6) is 0. The number of hydrogen-bond donors (Lipinski definition) is 1. The van der Waals surface area contributed by atoms with Crippen LogP contribution < -0.4 is 0 Å². The molecule has 0 amide bonds. The van der Waals surface area contributed by atoms with E-state index >= 15 is 0 Å². The van der Waals surface area contributed by atoms with Crippen molar-refractivity contribution in [2.24, 2.45) is 5.11 Å². The Morgan fingerprint density at radius 3 is 1.89 bits per heavy atom. The van der Waals surface area contributed by atoms with Gasteiger partial charge in [-0.05, 0) is 22.2 Å². The quantitative estimate of drug-likeness (QED) is 0.231. The Labute approximate surface area is 204 Å². The van der Waals surface area contributed by atoms with Crippen molar-refractivity contribution in [1.82, 2.24) is 0 Å². The number of ether oxygens (including phenoxy) is 4. The molecule has 0 radical (unpaired) electrons. The molecule has 3 aromatic rings. The fraction of sp³-hybridized carbons (Fsp3) is 0.333. The van der Waals surface area contributed by atoms with E-state index in [4.69, 9.17) is 18.9 Å². The summed E-state index contributed by atoms with van der Waals surface area (Å²) in [5, 5.41) is 15.0. The third-order valence-corrected chi connectivity index (χ3v) is 5.80. The van der Waals surface area contributed by atoms with Crippen LogP contribution in [0, 0.1) is 0 Å². The van der Waals surface area contributed by atoms with Gasteiger partial charge in [-0.15, -0.1) is 0 Å². The Morgan fingerprint density at radius 2 is 1.34 bits per heavy atom. The average Bonchev–Trinajstić information content (AvgIpc) is 3.32. The first-order chi connectivity index (χ1) is 17.2. The topological polar surface area (TPSA) is 106 Å². The number of hydrogen-bond acceptors (Lipinski definition) is 6. The molecule has 0 spiro atoms. The number of aliphatic hydroxyl groups is 1. The number of azide groups is 1. The number of rotatable bonds is 12. The highest BCUT2D eigenvalue weighted by atomic mass is 16.6. The summed E-state index contributed by atoms with van der Waals surface area (Å²) >= 11 is 0. The van der Waals surface area contributed by atoms with E-state index in [0.717, 1.165) is 16.7 Å². The van der Waals surface area contributed by atoms with Gasteiger partial charge in [0.1, 0.15) is 18.3 Å². The maximum absolute atomic E-state index is 11.4. The van der Waals surface area contributed by atoms with Gasteiger partial charge in [-0.2, -0.15) is 0 Å². The molecular weight excluding hydrogens is 446 g/mol. The van der Waals surface area contributed by atoms with Crippen molar-refractivity contribution in [1.29, 1.82) is 0 Å². The molecule has 1 fully saturated rings. The van der Waals surface area contributed by atoms with Crippen molar-refractivity contribution in [2.75, 3.05) is 13.2 Å². The minimum atomic E-state index is -1.98. The minimum Gasteiger partial charge on any atom is -0.379 e. The molecule has 1 saturated heterocycles. The zero-order chi connectivity index (χ0) is 24.3. The Balaban J connectivity index is 1.48. The van der Waals surface area contributed by atoms with Crippen molar-refractivity contribution in [3.05, 3.63) is 118 Å². The van der Waals surface area contributed by atoms with Crippen LogP contribution in [-0.4, -0.2) is 42.4 Å². The molecular formula is C27H29N3O5. The maximum Gasteiger partial charge on any atom is 0.195 e. The predicted molar refractivity (Wildman–Crippen MR) is 130 cm³/mol. The van der Waals surface area contributed by atoms with Crippen molar-refractivity contribution >= 4 is 0 Å². The van der Waals surface area contributed by atoms with E-state index in [-0.39, 0.29) is 26.4 Å². The zero-order valence-electron chi connectivity index (χ0n) is 19.3. The standard InChI is InChI=1S/C27H29N3O5/c28-30-29-27(31,20-32-16-21-10-4-1-5-11-21)26-25(34-18-23-14-8-3-9-15-23)24(19-35-26)33-17-22-12-6-2-7-13-22/h1-15,24-26,31H,16-20H2/t24-,25+,26-,27-/m0/s1. The lowest BCUT2D eigenvalue weighted by molar-refractivity contribution is -0.164. The normalized spacial score (nSPS) is 21.2. The zero-order valence-corrected chi connectivity index (χ0v) is 19.3.